The van der Waals surface area contributed by atoms with E-state index in [2.05, 4.69) is 10.3 Å². The molecule has 0 aliphatic heterocycles. The van der Waals surface area contributed by atoms with Crippen molar-refractivity contribution in [3.63, 3.8) is 0 Å². The molecule has 11 heteroatoms. The summed E-state index contributed by atoms with van der Waals surface area (Å²) in [5.41, 5.74) is -3.21. The molecule has 1 aromatic heterocycles. The fourth-order valence-electron chi connectivity index (χ4n) is 4.50. The Morgan fingerprint density at radius 1 is 0.881 bits per heavy atom. The number of methoxy groups -OCH3 is 1. The summed E-state index contributed by atoms with van der Waals surface area (Å²) in [7, 11) is -3.64. The highest BCUT2D eigenvalue weighted by atomic mass is 31.2. The number of carbonyl (C=O) groups excluding carboxylic acids is 1. The number of aromatic nitrogens is 3. The van der Waals surface area contributed by atoms with E-state index in [1.807, 2.05) is 24.3 Å². The Morgan fingerprint density at radius 3 is 2.00 bits per heavy atom. The van der Waals surface area contributed by atoms with E-state index in [0.717, 1.165) is 16.6 Å². The maximum Gasteiger partial charge on any atom is 0.405 e. The lowest BCUT2D eigenvalue weighted by Gasteiger charge is -2.36. The minimum Gasteiger partial charge on any atom is -0.465 e. The second-order valence-electron chi connectivity index (χ2n) is 12.0. The lowest BCUT2D eigenvalue weighted by Crippen LogP contribution is -2.30. The minimum atomic E-state index is -4.95. The average molecular weight is 600 g/mol. The Bertz CT molecular complexity index is 1570. The van der Waals surface area contributed by atoms with E-state index in [-0.39, 0.29) is 6.04 Å². The lowest BCUT2D eigenvalue weighted by molar-refractivity contribution is -0.0213. The van der Waals surface area contributed by atoms with Crippen molar-refractivity contribution in [2.24, 2.45) is 0 Å². The number of hydrogen-bond donors (Lipinski definition) is 0. The van der Waals surface area contributed by atoms with Gasteiger partial charge >= 0.3 is 19.2 Å². The number of esters is 1. The van der Waals surface area contributed by atoms with Crippen molar-refractivity contribution < 1.29 is 31.9 Å². The molecule has 224 valence electrons. The van der Waals surface area contributed by atoms with Crippen molar-refractivity contribution >= 4 is 24.6 Å². The van der Waals surface area contributed by atoms with Crippen molar-refractivity contribution in [1.29, 1.82) is 0 Å². The summed E-state index contributed by atoms with van der Waals surface area (Å²) in [6.07, 6.45) is 0.366. The topological polar surface area (TPSA) is 92.5 Å². The summed E-state index contributed by atoms with van der Waals surface area (Å²) in [4.78, 5) is 12.0. The monoisotopic (exact) mass is 599 g/mol. The summed E-state index contributed by atoms with van der Waals surface area (Å²) in [5.74, 6) is -0.455. The van der Waals surface area contributed by atoms with Crippen molar-refractivity contribution in [1.82, 2.24) is 15.0 Å². The highest BCUT2D eigenvalue weighted by Gasteiger charge is 2.58. The van der Waals surface area contributed by atoms with Crippen LogP contribution < -0.4 is 0 Å². The van der Waals surface area contributed by atoms with E-state index < -0.39 is 36.0 Å². The molecule has 0 bridgehead atoms. The normalized spacial score (nSPS) is 13.7. The Balaban J connectivity index is 1.70. The highest BCUT2D eigenvalue weighted by molar-refractivity contribution is 7.54. The van der Waals surface area contributed by atoms with Crippen molar-refractivity contribution in [3.05, 3.63) is 95.1 Å². The van der Waals surface area contributed by atoms with E-state index >= 15 is 8.78 Å². The molecule has 8 nitrogen and oxygen atoms in total. The van der Waals surface area contributed by atoms with Crippen LogP contribution in [0.2, 0.25) is 0 Å². The Labute approximate surface area is 244 Å². The SMILES string of the molecule is COC(=O)c1ccc(C(Cc2ccc(C(F)(F)P(=O)(OC(C)(C)C)OC(C)(C)C)cc2)n2nnc3ccccc32)cc1. The van der Waals surface area contributed by atoms with Gasteiger partial charge in [0.2, 0.25) is 0 Å². The number of nitrogens with zero attached hydrogens (tertiary/aromatic N) is 3. The molecular weight excluding hydrogens is 563 g/mol. The molecule has 4 rings (SSSR count). The van der Waals surface area contributed by atoms with Crippen LogP contribution in [0.15, 0.2) is 72.8 Å². The Kier molecular flexibility index (Phi) is 8.74. The zero-order chi connectivity index (χ0) is 30.9. The summed E-state index contributed by atoms with van der Waals surface area (Å²) in [6.45, 7) is 9.31. The Hall–Kier alpha value is -3.46. The van der Waals surface area contributed by atoms with Crippen molar-refractivity contribution in [2.75, 3.05) is 7.11 Å². The molecule has 0 amide bonds. The second-order valence-corrected chi connectivity index (χ2v) is 13.9. The average Bonchev–Trinajstić information content (AvgIpc) is 3.33. The van der Waals surface area contributed by atoms with Crippen LogP contribution in [0.1, 0.15) is 74.6 Å². The maximum atomic E-state index is 15.9. The van der Waals surface area contributed by atoms with E-state index in [1.54, 1.807) is 82.6 Å². The van der Waals surface area contributed by atoms with E-state index in [1.165, 1.54) is 19.2 Å². The number of alkyl halides is 2. The second kappa shape index (κ2) is 11.7. The zero-order valence-electron chi connectivity index (χ0n) is 24.8. The summed E-state index contributed by atoms with van der Waals surface area (Å²) >= 11 is 0. The van der Waals surface area contributed by atoms with Gasteiger partial charge in [-0.1, -0.05) is 53.7 Å². The first kappa shape index (κ1) is 31.5. The fourth-order valence-corrected chi connectivity index (χ4v) is 6.67. The Morgan fingerprint density at radius 2 is 1.45 bits per heavy atom. The molecule has 42 heavy (non-hydrogen) atoms. The lowest BCUT2D eigenvalue weighted by atomic mass is 9.97. The largest absolute Gasteiger partial charge is 0.465 e. The van der Waals surface area contributed by atoms with Crippen LogP contribution in [0.5, 0.6) is 0 Å². The third-order valence-electron chi connectivity index (χ3n) is 6.25. The van der Waals surface area contributed by atoms with Crippen LogP contribution in [0, 0.1) is 0 Å². The van der Waals surface area contributed by atoms with Crippen LogP contribution in [0.4, 0.5) is 8.78 Å². The molecule has 1 unspecified atom stereocenters. The van der Waals surface area contributed by atoms with Gasteiger partial charge in [0.15, 0.2) is 0 Å². The molecule has 0 aliphatic carbocycles. The standard InChI is InChI=1S/C31H36F2N3O5P/c1-29(2,3)40-42(38,41-30(4,5)6)31(32,33)24-18-12-21(13-19-24)20-27(22-14-16-23(17-15-22)28(37)39-7)36-26-11-9-8-10-25(26)34-35-36/h8-19,27H,20H2,1-7H3. The third-order valence-corrected chi connectivity index (χ3v) is 8.77. The fraction of sp³-hybridized carbons (Fsp3) is 0.387. The van der Waals surface area contributed by atoms with Gasteiger partial charge in [0.05, 0.1) is 35.4 Å². The third kappa shape index (κ3) is 6.94. The van der Waals surface area contributed by atoms with Gasteiger partial charge in [0, 0.05) is 5.56 Å². The molecule has 0 aliphatic rings. The van der Waals surface area contributed by atoms with Gasteiger partial charge < -0.3 is 4.74 Å². The van der Waals surface area contributed by atoms with Crippen molar-refractivity contribution in [2.45, 2.75) is 70.9 Å². The molecule has 1 atom stereocenters. The smallest absolute Gasteiger partial charge is 0.405 e. The summed E-state index contributed by atoms with van der Waals surface area (Å²) in [5, 5.41) is 8.66. The number of hydrogen-bond acceptors (Lipinski definition) is 7. The first-order valence-corrected chi connectivity index (χ1v) is 15.0. The molecule has 0 N–H and O–H groups in total. The molecular formula is C31H36F2N3O5P. The number of benzene rings is 3. The first-order valence-electron chi connectivity index (χ1n) is 13.5. The molecule has 0 saturated heterocycles. The van der Waals surface area contributed by atoms with Crippen LogP contribution >= 0.6 is 7.60 Å². The van der Waals surface area contributed by atoms with Gasteiger partial charge in [0.25, 0.3) is 0 Å². The first-order chi connectivity index (χ1) is 19.5. The van der Waals surface area contributed by atoms with E-state index in [0.29, 0.717) is 17.5 Å². The molecule has 0 radical (unpaired) electrons. The molecule has 4 aromatic rings. The molecule has 1 heterocycles. The summed E-state index contributed by atoms with van der Waals surface area (Å²) in [6, 6.07) is 19.7. The molecule has 3 aromatic carbocycles. The summed E-state index contributed by atoms with van der Waals surface area (Å²) < 4.78 is 62.9. The van der Waals surface area contributed by atoms with Gasteiger partial charge in [-0.25, -0.2) is 9.48 Å². The van der Waals surface area contributed by atoms with E-state index in [4.69, 9.17) is 13.8 Å². The predicted molar refractivity (Wildman–Crippen MR) is 157 cm³/mol. The van der Waals surface area contributed by atoms with Gasteiger partial charge in [-0.2, -0.15) is 8.78 Å². The number of para-hydroxylation sites is 1. The van der Waals surface area contributed by atoms with Crippen LogP contribution in [0.3, 0.4) is 0 Å². The molecule has 0 spiro atoms. The quantitative estimate of drug-likeness (QED) is 0.143. The predicted octanol–water partition coefficient (Wildman–Crippen LogP) is 7.92. The van der Waals surface area contributed by atoms with Gasteiger partial charge in [0.1, 0.15) is 5.52 Å². The maximum absolute atomic E-state index is 15.9. The zero-order valence-corrected chi connectivity index (χ0v) is 25.7. The number of carbonyl (C=O) groups is 1. The van der Waals surface area contributed by atoms with Gasteiger partial charge in [-0.3, -0.25) is 13.6 Å². The van der Waals surface area contributed by atoms with E-state index in [9.17, 15) is 9.36 Å². The van der Waals surface area contributed by atoms with Crippen LogP contribution in [0.25, 0.3) is 11.0 Å². The number of halogens is 2. The number of ether oxygens (including phenoxy) is 1. The van der Waals surface area contributed by atoms with Crippen molar-refractivity contribution in [3.8, 4) is 0 Å². The molecule has 0 fully saturated rings. The highest BCUT2D eigenvalue weighted by Crippen LogP contribution is 2.69. The van der Waals surface area contributed by atoms with Crippen LogP contribution in [-0.4, -0.2) is 39.3 Å². The number of fused-ring (bicyclic) bond motifs is 1. The molecule has 0 saturated carbocycles. The minimum absolute atomic E-state index is 0.366. The number of rotatable bonds is 9. The van der Waals surface area contributed by atoms with Gasteiger partial charge in [-0.05, 0) is 83.4 Å². The van der Waals surface area contributed by atoms with Crippen LogP contribution in [-0.2, 0) is 30.4 Å². The van der Waals surface area contributed by atoms with Gasteiger partial charge in [-0.15, -0.1) is 5.10 Å².